The van der Waals surface area contributed by atoms with Crippen molar-refractivity contribution in [2.45, 2.75) is 19.3 Å². The van der Waals surface area contributed by atoms with Crippen molar-refractivity contribution in [3.63, 3.8) is 0 Å². The van der Waals surface area contributed by atoms with Gasteiger partial charge < -0.3 is 16.0 Å². The molecule has 1 atom stereocenters. The van der Waals surface area contributed by atoms with Crippen LogP contribution in [0.4, 0.5) is 11.4 Å². The van der Waals surface area contributed by atoms with E-state index in [1.807, 2.05) is 36.4 Å². The lowest BCUT2D eigenvalue weighted by atomic mass is 9.92. The number of rotatable bonds is 4. The predicted octanol–water partition coefficient (Wildman–Crippen LogP) is 3.27. The molecule has 5 heteroatoms. The summed E-state index contributed by atoms with van der Waals surface area (Å²) in [6.45, 7) is 2.01. The molecule has 2 aromatic carbocycles. The number of hydrogen-bond acceptors (Lipinski definition) is 3. The standard InChI is InChI=1S/C21H23N3O2/c25-19(15-5-2-1-3-6-15)23-16-7-4-8-17(13-16)24-20(26)18-14-21(18)9-11-22-12-10-21/h1-8,13,18,22H,9-12,14H2,(H,23,25)(H,24,26). The molecule has 26 heavy (non-hydrogen) atoms. The van der Waals surface area contributed by atoms with Crippen molar-refractivity contribution < 1.29 is 9.59 Å². The van der Waals surface area contributed by atoms with Crippen LogP contribution in [0.25, 0.3) is 0 Å². The smallest absolute Gasteiger partial charge is 0.255 e. The zero-order valence-corrected chi connectivity index (χ0v) is 14.6. The van der Waals surface area contributed by atoms with Crippen LogP contribution in [0.5, 0.6) is 0 Å². The second-order valence-electron chi connectivity index (χ2n) is 7.26. The summed E-state index contributed by atoms with van der Waals surface area (Å²) in [7, 11) is 0. The number of carbonyl (C=O) groups excluding carboxylic acids is 2. The van der Waals surface area contributed by atoms with Gasteiger partial charge in [0.05, 0.1) is 0 Å². The fraction of sp³-hybridized carbons (Fsp3) is 0.333. The Labute approximate surface area is 153 Å². The van der Waals surface area contributed by atoms with E-state index < -0.39 is 0 Å². The molecule has 5 nitrogen and oxygen atoms in total. The Morgan fingerprint density at radius 2 is 1.62 bits per heavy atom. The zero-order chi connectivity index (χ0) is 18.0. The summed E-state index contributed by atoms with van der Waals surface area (Å²) in [4.78, 5) is 24.8. The first kappa shape index (κ1) is 16.8. The lowest BCUT2D eigenvalue weighted by Crippen LogP contribution is -2.31. The maximum Gasteiger partial charge on any atom is 0.255 e. The SMILES string of the molecule is O=C(Nc1cccc(NC(=O)C2CC23CCNCC3)c1)c1ccccc1. The highest BCUT2D eigenvalue weighted by molar-refractivity contribution is 6.04. The molecule has 2 amide bonds. The average molecular weight is 349 g/mol. The Bertz CT molecular complexity index is 813. The van der Waals surface area contributed by atoms with E-state index in [1.165, 1.54) is 0 Å². The third-order valence-electron chi connectivity index (χ3n) is 5.53. The molecule has 0 bridgehead atoms. The number of anilines is 2. The normalized spacial score (nSPS) is 20.4. The molecule has 2 fully saturated rings. The monoisotopic (exact) mass is 349 g/mol. The van der Waals surface area contributed by atoms with Crippen LogP contribution < -0.4 is 16.0 Å². The molecule has 4 rings (SSSR count). The van der Waals surface area contributed by atoms with Gasteiger partial charge in [-0.15, -0.1) is 0 Å². The number of hydrogen-bond donors (Lipinski definition) is 3. The van der Waals surface area contributed by atoms with Crippen molar-refractivity contribution in [1.82, 2.24) is 5.32 Å². The van der Waals surface area contributed by atoms with Gasteiger partial charge in [0.2, 0.25) is 5.91 Å². The largest absolute Gasteiger partial charge is 0.326 e. The first-order valence-electron chi connectivity index (χ1n) is 9.14. The lowest BCUT2D eigenvalue weighted by molar-refractivity contribution is -0.118. The van der Waals surface area contributed by atoms with Gasteiger partial charge in [0.15, 0.2) is 0 Å². The van der Waals surface area contributed by atoms with Gasteiger partial charge in [-0.3, -0.25) is 9.59 Å². The Hall–Kier alpha value is -2.66. The van der Waals surface area contributed by atoms with Crippen molar-refractivity contribution in [2.24, 2.45) is 11.3 Å². The fourth-order valence-electron chi connectivity index (χ4n) is 3.89. The quantitative estimate of drug-likeness (QED) is 0.793. The number of nitrogens with one attached hydrogen (secondary N) is 3. The summed E-state index contributed by atoms with van der Waals surface area (Å²) >= 11 is 0. The predicted molar refractivity (Wildman–Crippen MR) is 102 cm³/mol. The Kier molecular flexibility index (Phi) is 4.47. The van der Waals surface area contributed by atoms with Gasteiger partial charge in [0, 0.05) is 22.9 Å². The highest BCUT2D eigenvalue weighted by Gasteiger charge is 2.57. The molecule has 134 valence electrons. The molecule has 1 heterocycles. The lowest BCUT2D eigenvalue weighted by Gasteiger charge is -2.23. The number of piperidine rings is 1. The minimum Gasteiger partial charge on any atom is -0.326 e. The number of amides is 2. The highest BCUT2D eigenvalue weighted by atomic mass is 16.2. The van der Waals surface area contributed by atoms with Gasteiger partial charge in [0.25, 0.3) is 5.91 Å². The van der Waals surface area contributed by atoms with E-state index >= 15 is 0 Å². The summed E-state index contributed by atoms with van der Waals surface area (Å²) in [5, 5.41) is 9.25. The van der Waals surface area contributed by atoms with Crippen molar-refractivity contribution >= 4 is 23.2 Å². The summed E-state index contributed by atoms with van der Waals surface area (Å²) in [6.07, 6.45) is 3.15. The molecule has 1 aliphatic carbocycles. The summed E-state index contributed by atoms with van der Waals surface area (Å²) in [6, 6.07) is 16.4. The first-order valence-corrected chi connectivity index (χ1v) is 9.14. The van der Waals surface area contributed by atoms with E-state index in [1.54, 1.807) is 18.2 Å². The zero-order valence-electron chi connectivity index (χ0n) is 14.6. The van der Waals surface area contributed by atoms with Crippen LogP contribution in [0.15, 0.2) is 54.6 Å². The van der Waals surface area contributed by atoms with Crippen molar-refractivity contribution in [1.29, 1.82) is 0 Å². The van der Waals surface area contributed by atoms with Gasteiger partial charge in [-0.25, -0.2) is 0 Å². The molecule has 2 aromatic rings. The van der Waals surface area contributed by atoms with Gasteiger partial charge in [-0.2, -0.15) is 0 Å². The molecule has 1 unspecified atom stereocenters. The molecule has 1 saturated carbocycles. The van der Waals surface area contributed by atoms with Gasteiger partial charge in [-0.05, 0) is 68.1 Å². The fourth-order valence-corrected chi connectivity index (χ4v) is 3.89. The molecular weight excluding hydrogens is 326 g/mol. The summed E-state index contributed by atoms with van der Waals surface area (Å²) in [5.74, 6) is 0.0514. The minimum absolute atomic E-state index is 0.0958. The van der Waals surface area contributed by atoms with Crippen LogP contribution in [0.3, 0.4) is 0 Å². The van der Waals surface area contributed by atoms with E-state index in [-0.39, 0.29) is 23.1 Å². The highest BCUT2D eigenvalue weighted by Crippen LogP contribution is 2.58. The van der Waals surface area contributed by atoms with Crippen LogP contribution in [0.1, 0.15) is 29.6 Å². The topological polar surface area (TPSA) is 70.2 Å². The Morgan fingerprint density at radius 3 is 2.35 bits per heavy atom. The van der Waals surface area contributed by atoms with Gasteiger partial charge in [-0.1, -0.05) is 24.3 Å². The molecule has 3 N–H and O–H groups in total. The molecule has 1 spiro atoms. The maximum atomic E-state index is 12.6. The third kappa shape index (κ3) is 3.48. The molecule has 0 radical (unpaired) electrons. The maximum absolute atomic E-state index is 12.6. The van der Waals surface area contributed by atoms with E-state index in [0.717, 1.165) is 38.0 Å². The minimum atomic E-state index is -0.162. The van der Waals surface area contributed by atoms with Crippen LogP contribution in [0, 0.1) is 11.3 Å². The van der Waals surface area contributed by atoms with E-state index in [2.05, 4.69) is 16.0 Å². The second kappa shape index (κ2) is 6.92. The number of carbonyl (C=O) groups is 2. The molecule has 1 saturated heterocycles. The van der Waals surface area contributed by atoms with E-state index in [4.69, 9.17) is 0 Å². The van der Waals surface area contributed by atoms with Crippen molar-refractivity contribution in [3.8, 4) is 0 Å². The van der Waals surface area contributed by atoms with Crippen LogP contribution in [0.2, 0.25) is 0 Å². The van der Waals surface area contributed by atoms with Gasteiger partial charge in [0.1, 0.15) is 0 Å². The molecule has 1 aliphatic heterocycles. The molecule has 2 aliphatic rings. The summed E-state index contributed by atoms with van der Waals surface area (Å²) in [5.41, 5.74) is 2.21. The van der Waals surface area contributed by atoms with Crippen molar-refractivity contribution in [2.75, 3.05) is 23.7 Å². The van der Waals surface area contributed by atoms with Crippen molar-refractivity contribution in [3.05, 3.63) is 60.2 Å². The van der Waals surface area contributed by atoms with Crippen LogP contribution >= 0.6 is 0 Å². The molecule has 0 aromatic heterocycles. The first-order chi connectivity index (χ1) is 12.7. The average Bonchev–Trinajstić information content (AvgIpc) is 3.36. The Morgan fingerprint density at radius 1 is 0.923 bits per heavy atom. The number of benzene rings is 2. The molecular formula is C21H23N3O2. The summed E-state index contributed by atoms with van der Waals surface area (Å²) < 4.78 is 0. The van der Waals surface area contributed by atoms with Crippen LogP contribution in [-0.4, -0.2) is 24.9 Å². The van der Waals surface area contributed by atoms with Crippen LogP contribution in [-0.2, 0) is 4.79 Å². The second-order valence-corrected chi connectivity index (χ2v) is 7.26. The Balaban J connectivity index is 1.39. The van der Waals surface area contributed by atoms with Gasteiger partial charge >= 0.3 is 0 Å². The third-order valence-corrected chi connectivity index (χ3v) is 5.53. The van der Waals surface area contributed by atoms with E-state index in [0.29, 0.717) is 11.3 Å². The van der Waals surface area contributed by atoms with E-state index in [9.17, 15) is 9.59 Å².